The molecule has 144 valence electrons. The van der Waals surface area contributed by atoms with Crippen LogP contribution >= 0.6 is 15.9 Å². The van der Waals surface area contributed by atoms with E-state index in [0.717, 1.165) is 22.0 Å². The highest BCUT2D eigenvalue weighted by molar-refractivity contribution is 9.10. The summed E-state index contributed by atoms with van der Waals surface area (Å²) in [7, 11) is -3.70. The van der Waals surface area contributed by atoms with E-state index < -0.39 is 16.1 Å². The van der Waals surface area contributed by atoms with Crippen LogP contribution in [0.3, 0.4) is 0 Å². The first-order chi connectivity index (χ1) is 12.9. The Hall–Kier alpha value is -1.70. The lowest BCUT2D eigenvalue weighted by Gasteiger charge is -2.36. The number of nitrogens with one attached hydrogen (secondary N) is 1. The fourth-order valence-corrected chi connectivity index (χ4v) is 5.25. The van der Waals surface area contributed by atoms with Crippen LogP contribution < -0.4 is 5.32 Å². The lowest BCUT2D eigenvalue weighted by Crippen LogP contribution is -2.42. The molecule has 5 nitrogen and oxygen atoms in total. The van der Waals surface area contributed by atoms with Gasteiger partial charge in [-0.25, -0.2) is 8.42 Å². The van der Waals surface area contributed by atoms with Crippen LogP contribution in [0.5, 0.6) is 0 Å². The predicted octanol–water partition coefficient (Wildman–Crippen LogP) is 3.65. The summed E-state index contributed by atoms with van der Waals surface area (Å²) in [6, 6.07) is 13.9. The van der Waals surface area contributed by atoms with Gasteiger partial charge < -0.3 is 5.32 Å². The number of benzene rings is 2. The van der Waals surface area contributed by atoms with Gasteiger partial charge in [-0.15, -0.1) is 0 Å². The molecule has 0 radical (unpaired) electrons. The molecule has 1 heterocycles. The molecular formula is C20H23BrN2O3S. The van der Waals surface area contributed by atoms with Crippen molar-refractivity contribution in [2.75, 3.05) is 13.1 Å². The maximum atomic E-state index is 13.3. The second-order valence-electron chi connectivity index (χ2n) is 6.59. The Bertz CT molecular complexity index is 913. The highest BCUT2D eigenvalue weighted by Gasteiger charge is 2.37. The third-order valence-corrected chi connectivity index (χ3v) is 7.19. The topological polar surface area (TPSA) is 66.5 Å². The van der Waals surface area contributed by atoms with Crippen LogP contribution in [0.2, 0.25) is 0 Å². The van der Waals surface area contributed by atoms with Gasteiger partial charge in [0, 0.05) is 24.0 Å². The van der Waals surface area contributed by atoms with Crippen LogP contribution in [-0.2, 0) is 21.2 Å². The van der Waals surface area contributed by atoms with Gasteiger partial charge in [-0.1, -0.05) is 47.1 Å². The Morgan fingerprint density at radius 2 is 1.89 bits per heavy atom. The van der Waals surface area contributed by atoms with Crippen molar-refractivity contribution < 1.29 is 13.2 Å². The number of rotatable bonds is 6. The minimum Gasteiger partial charge on any atom is -0.356 e. The minimum atomic E-state index is -3.70. The van der Waals surface area contributed by atoms with Gasteiger partial charge in [0.05, 0.1) is 10.9 Å². The van der Waals surface area contributed by atoms with Crippen LogP contribution in [0.15, 0.2) is 57.9 Å². The summed E-state index contributed by atoms with van der Waals surface area (Å²) in [6.07, 6.45) is 1.60. The Morgan fingerprint density at radius 3 is 2.59 bits per heavy atom. The number of hydrogen-bond acceptors (Lipinski definition) is 3. The molecule has 7 heteroatoms. The fourth-order valence-electron chi connectivity index (χ4n) is 3.38. The predicted molar refractivity (Wildman–Crippen MR) is 109 cm³/mol. The van der Waals surface area contributed by atoms with E-state index in [0.29, 0.717) is 19.5 Å². The Balaban J connectivity index is 1.97. The quantitative estimate of drug-likeness (QED) is 0.729. The molecular weight excluding hydrogens is 428 g/mol. The molecule has 1 aliphatic heterocycles. The molecule has 27 heavy (non-hydrogen) atoms. The van der Waals surface area contributed by atoms with Gasteiger partial charge in [0.2, 0.25) is 15.9 Å². The molecule has 1 atom stereocenters. The highest BCUT2D eigenvalue weighted by atomic mass is 79.9. The van der Waals surface area contributed by atoms with Crippen molar-refractivity contribution in [3.8, 4) is 0 Å². The zero-order valence-electron chi connectivity index (χ0n) is 15.2. The zero-order valence-corrected chi connectivity index (χ0v) is 17.6. The van der Waals surface area contributed by atoms with Crippen molar-refractivity contribution in [2.45, 2.75) is 37.1 Å². The van der Waals surface area contributed by atoms with Crippen LogP contribution in [0.25, 0.3) is 0 Å². The molecule has 0 spiro atoms. The van der Waals surface area contributed by atoms with E-state index >= 15 is 0 Å². The van der Waals surface area contributed by atoms with Crippen LogP contribution in [0, 0.1) is 0 Å². The SMILES string of the molecule is CCCNC(=O)C[C@H]1c2ccccc2CCN1S(=O)(=O)c1ccc(Br)cc1. The van der Waals surface area contributed by atoms with E-state index in [1.165, 1.54) is 4.31 Å². The molecule has 2 aromatic carbocycles. The number of hydrogen-bond donors (Lipinski definition) is 1. The van der Waals surface area contributed by atoms with Crippen LogP contribution in [0.4, 0.5) is 0 Å². The zero-order chi connectivity index (χ0) is 19.4. The number of halogens is 1. The van der Waals surface area contributed by atoms with Gasteiger partial charge in [-0.3, -0.25) is 4.79 Å². The average molecular weight is 451 g/mol. The summed E-state index contributed by atoms with van der Waals surface area (Å²) in [6.45, 7) is 2.94. The third-order valence-electron chi connectivity index (χ3n) is 4.73. The summed E-state index contributed by atoms with van der Waals surface area (Å²) < 4.78 is 28.9. The number of carbonyl (C=O) groups excluding carboxylic acids is 1. The lowest BCUT2D eigenvalue weighted by molar-refractivity contribution is -0.122. The maximum absolute atomic E-state index is 13.3. The molecule has 1 amide bonds. The van der Waals surface area contributed by atoms with Crippen molar-refractivity contribution in [3.63, 3.8) is 0 Å². The normalized spacial score (nSPS) is 17.3. The summed E-state index contributed by atoms with van der Waals surface area (Å²) in [5, 5.41) is 2.86. The van der Waals surface area contributed by atoms with E-state index in [2.05, 4.69) is 21.2 Å². The van der Waals surface area contributed by atoms with Crippen LogP contribution in [-0.4, -0.2) is 31.7 Å². The number of carbonyl (C=O) groups is 1. The van der Waals surface area contributed by atoms with Crippen molar-refractivity contribution in [2.24, 2.45) is 0 Å². The molecule has 0 saturated carbocycles. The first kappa shape index (κ1) is 20.0. The van der Waals surface area contributed by atoms with Gasteiger partial charge in [-0.05, 0) is 48.2 Å². The second-order valence-corrected chi connectivity index (χ2v) is 9.39. The number of sulfonamides is 1. The molecule has 0 fully saturated rings. The van der Waals surface area contributed by atoms with Gasteiger partial charge in [-0.2, -0.15) is 4.31 Å². The number of amides is 1. The van der Waals surface area contributed by atoms with Gasteiger partial charge in [0.25, 0.3) is 0 Å². The van der Waals surface area contributed by atoms with Gasteiger partial charge in [0.15, 0.2) is 0 Å². The van der Waals surface area contributed by atoms with Gasteiger partial charge in [0.1, 0.15) is 0 Å². The van der Waals surface area contributed by atoms with E-state index in [9.17, 15) is 13.2 Å². The van der Waals surface area contributed by atoms with Gasteiger partial charge >= 0.3 is 0 Å². The first-order valence-electron chi connectivity index (χ1n) is 9.05. The summed E-state index contributed by atoms with van der Waals surface area (Å²) >= 11 is 3.34. The lowest BCUT2D eigenvalue weighted by atomic mass is 9.92. The Labute approximate surface area is 169 Å². The molecule has 0 unspecified atom stereocenters. The van der Waals surface area contributed by atoms with Crippen molar-refractivity contribution in [1.29, 1.82) is 0 Å². The second kappa shape index (κ2) is 8.54. The van der Waals surface area contributed by atoms with Crippen molar-refractivity contribution in [3.05, 3.63) is 64.1 Å². The van der Waals surface area contributed by atoms with E-state index in [-0.39, 0.29) is 17.2 Å². The number of fused-ring (bicyclic) bond motifs is 1. The van der Waals surface area contributed by atoms with Crippen molar-refractivity contribution >= 4 is 31.9 Å². The Kier molecular flexibility index (Phi) is 6.34. The molecule has 1 aliphatic rings. The standard InChI is InChI=1S/C20H23BrN2O3S/c1-2-12-22-20(24)14-19-18-6-4-3-5-15(18)11-13-23(19)27(25,26)17-9-7-16(21)8-10-17/h3-10,19H,2,11-14H2,1H3,(H,22,24)/t19-/m0/s1. The van der Waals surface area contributed by atoms with Crippen LogP contribution in [0.1, 0.15) is 36.9 Å². The minimum absolute atomic E-state index is 0.118. The summed E-state index contributed by atoms with van der Waals surface area (Å²) in [5.41, 5.74) is 2.02. The molecule has 0 aromatic heterocycles. The molecule has 2 aromatic rings. The number of nitrogens with zero attached hydrogens (tertiary/aromatic N) is 1. The van der Waals surface area contributed by atoms with E-state index in [1.807, 2.05) is 31.2 Å². The summed E-state index contributed by atoms with van der Waals surface area (Å²) in [4.78, 5) is 12.6. The van der Waals surface area contributed by atoms with E-state index in [4.69, 9.17) is 0 Å². The third kappa shape index (κ3) is 4.42. The smallest absolute Gasteiger partial charge is 0.243 e. The molecule has 3 rings (SSSR count). The van der Waals surface area contributed by atoms with E-state index in [1.54, 1.807) is 24.3 Å². The molecule has 0 aliphatic carbocycles. The molecule has 1 N–H and O–H groups in total. The fraction of sp³-hybridized carbons (Fsp3) is 0.350. The average Bonchev–Trinajstić information content (AvgIpc) is 2.66. The largest absolute Gasteiger partial charge is 0.356 e. The highest BCUT2D eigenvalue weighted by Crippen LogP contribution is 2.36. The molecule has 0 saturated heterocycles. The van der Waals surface area contributed by atoms with Crippen molar-refractivity contribution in [1.82, 2.24) is 9.62 Å². The summed E-state index contributed by atoms with van der Waals surface area (Å²) in [5.74, 6) is -0.130. The maximum Gasteiger partial charge on any atom is 0.243 e. The first-order valence-corrected chi connectivity index (χ1v) is 11.3. The Morgan fingerprint density at radius 1 is 1.19 bits per heavy atom. The monoisotopic (exact) mass is 450 g/mol. The molecule has 0 bridgehead atoms.